The second kappa shape index (κ2) is 12.3. The van der Waals surface area contributed by atoms with E-state index in [2.05, 4.69) is 15.2 Å². The Morgan fingerprint density at radius 3 is 2.60 bits per heavy atom. The lowest BCUT2D eigenvalue weighted by atomic mass is 9.87. The van der Waals surface area contributed by atoms with Crippen LogP contribution in [-0.4, -0.2) is 64.6 Å². The van der Waals surface area contributed by atoms with Gasteiger partial charge in [0.15, 0.2) is 17.6 Å². The maximum Gasteiger partial charge on any atom is 0.308 e. The number of methoxy groups -OCH3 is 1. The summed E-state index contributed by atoms with van der Waals surface area (Å²) in [6.07, 6.45) is 5.93. The highest BCUT2D eigenvalue weighted by atomic mass is 19.1. The Labute approximate surface area is 248 Å². The summed E-state index contributed by atoms with van der Waals surface area (Å²) in [4.78, 5) is 45.0. The van der Waals surface area contributed by atoms with E-state index in [1.165, 1.54) is 19.2 Å². The van der Waals surface area contributed by atoms with E-state index < -0.39 is 12.1 Å². The molecule has 226 valence electrons. The molecule has 1 aliphatic heterocycles. The first-order valence-electron chi connectivity index (χ1n) is 14.7. The highest BCUT2D eigenvalue weighted by Gasteiger charge is 2.34. The second-order valence-corrected chi connectivity index (χ2v) is 11.5. The van der Waals surface area contributed by atoms with Crippen molar-refractivity contribution in [3.8, 4) is 0 Å². The van der Waals surface area contributed by atoms with E-state index >= 15 is 0 Å². The van der Waals surface area contributed by atoms with Crippen LogP contribution in [0.2, 0.25) is 0 Å². The molecular weight excluding hydrogens is 555 g/mol. The first-order valence-corrected chi connectivity index (χ1v) is 14.7. The Morgan fingerprint density at radius 2 is 1.86 bits per heavy atom. The van der Waals surface area contributed by atoms with Crippen LogP contribution in [0, 0.1) is 11.7 Å². The standard InChI is InChI=1S/C32H35FN4O6/c1-36-18-24(23-11-8-21(33)17-26(23)36)29(39)35-32-34-25-12-5-19(16-28(25)43-32)15-27(38)30(37-13-3-4-14-37)42-22-9-6-20(7-10-22)31(40)41-2/h5,8,11-12,16-18,20,22,30H,3-4,6-7,9-10,13-15H2,1-2H3,(H,34,35,39). The summed E-state index contributed by atoms with van der Waals surface area (Å²) in [6.45, 7) is 1.62. The number of hydrogen-bond donors (Lipinski definition) is 1. The Kier molecular flexibility index (Phi) is 8.27. The molecule has 1 saturated heterocycles. The number of halogens is 1. The number of ketones is 1. The molecule has 1 atom stereocenters. The fraction of sp³-hybridized carbons (Fsp3) is 0.438. The van der Waals surface area contributed by atoms with E-state index in [1.54, 1.807) is 36.0 Å². The average molecular weight is 591 g/mol. The minimum Gasteiger partial charge on any atom is -0.469 e. The number of amides is 1. The van der Waals surface area contributed by atoms with Crippen LogP contribution in [-0.2, 0) is 32.5 Å². The summed E-state index contributed by atoms with van der Waals surface area (Å²) < 4.78 is 32.5. The summed E-state index contributed by atoms with van der Waals surface area (Å²) in [5.41, 5.74) is 2.71. The van der Waals surface area contributed by atoms with Gasteiger partial charge in [0.1, 0.15) is 11.3 Å². The SMILES string of the molecule is COC(=O)C1CCC(OC(C(=O)Cc2ccc3nc(NC(=O)c4cn(C)c5cc(F)ccc45)oc3c2)N2CCCC2)CC1. The lowest BCUT2D eigenvalue weighted by Crippen LogP contribution is -2.45. The van der Waals surface area contributed by atoms with Crippen molar-refractivity contribution < 1.29 is 32.7 Å². The molecule has 0 spiro atoms. The fourth-order valence-corrected chi connectivity index (χ4v) is 6.25. The van der Waals surface area contributed by atoms with Crippen molar-refractivity contribution in [1.29, 1.82) is 0 Å². The van der Waals surface area contributed by atoms with Crippen LogP contribution in [0.3, 0.4) is 0 Å². The number of benzene rings is 2. The van der Waals surface area contributed by atoms with Gasteiger partial charge in [-0.15, -0.1) is 0 Å². The van der Waals surface area contributed by atoms with Crippen LogP contribution in [0.4, 0.5) is 10.4 Å². The summed E-state index contributed by atoms with van der Waals surface area (Å²) in [6, 6.07) is 9.65. The summed E-state index contributed by atoms with van der Waals surface area (Å²) in [5.74, 6) is -1.12. The fourth-order valence-electron chi connectivity index (χ4n) is 6.25. The predicted octanol–water partition coefficient (Wildman–Crippen LogP) is 4.99. The largest absolute Gasteiger partial charge is 0.469 e. The van der Waals surface area contributed by atoms with Crippen molar-refractivity contribution in [3.63, 3.8) is 0 Å². The van der Waals surface area contributed by atoms with Gasteiger partial charge in [0.25, 0.3) is 5.91 Å². The van der Waals surface area contributed by atoms with Gasteiger partial charge in [-0.05, 0) is 74.4 Å². The first kappa shape index (κ1) is 29.0. The third-order valence-corrected chi connectivity index (χ3v) is 8.53. The highest BCUT2D eigenvalue weighted by molar-refractivity contribution is 6.12. The zero-order valence-corrected chi connectivity index (χ0v) is 24.3. The number of carbonyl (C=O) groups excluding carboxylic acids is 3. The highest BCUT2D eigenvalue weighted by Crippen LogP contribution is 2.30. The van der Waals surface area contributed by atoms with Gasteiger partial charge in [-0.3, -0.25) is 24.6 Å². The van der Waals surface area contributed by atoms with Crippen LogP contribution in [0.15, 0.2) is 47.0 Å². The molecule has 0 bridgehead atoms. The minimum atomic E-state index is -0.642. The Balaban J connectivity index is 1.13. The van der Waals surface area contributed by atoms with Crippen molar-refractivity contribution in [2.24, 2.45) is 13.0 Å². The molecule has 2 fully saturated rings. The van der Waals surface area contributed by atoms with E-state index in [9.17, 15) is 18.8 Å². The van der Waals surface area contributed by atoms with Gasteiger partial charge < -0.3 is 18.5 Å². The molecule has 2 aliphatic rings. The number of oxazole rings is 1. The molecule has 1 saturated carbocycles. The summed E-state index contributed by atoms with van der Waals surface area (Å²) in [7, 11) is 3.16. The van der Waals surface area contributed by atoms with E-state index in [1.807, 2.05) is 6.07 Å². The van der Waals surface area contributed by atoms with Gasteiger partial charge in [0.05, 0.1) is 30.2 Å². The number of carbonyl (C=O) groups is 3. The van der Waals surface area contributed by atoms with Gasteiger partial charge in [-0.2, -0.15) is 4.98 Å². The number of hydrogen-bond acceptors (Lipinski definition) is 8. The van der Waals surface area contributed by atoms with Gasteiger partial charge in [0, 0.05) is 38.1 Å². The Morgan fingerprint density at radius 1 is 1.09 bits per heavy atom. The van der Waals surface area contributed by atoms with E-state index in [-0.39, 0.29) is 42.0 Å². The number of Topliss-reactive ketones (excluding diaryl/α,β-unsaturated/α-hetero) is 1. The number of ether oxygens (including phenoxy) is 2. The number of aromatic nitrogens is 2. The molecule has 1 N–H and O–H groups in total. The van der Waals surface area contributed by atoms with E-state index in [4.69, 9.17) is 13.9 Å². The molecular formula is C32H35FN4O6. The van der Waals surface area contributed by atoms with Crippen LogP contribution < -0.4 is 5.32 Å². The topological polar surface area (TPSA) is 116 Å². The molecule has 43 heavy (non-hydrogen) atoms. The van der Waals surface area contributed by atoms with Crippen molar-refractivity contribution >= 4 is 45.7 Å². The van der Waals surface area contributed by atoms with Crippen LogP contribution in [0.25, 0.3) is 22.0 Å². The summed E-state index contributed by atoms with van der Waals surface area (Å²) >= 11 is 0. The molecule has 4 aromatic rings. The molecule has 1 aliphatic carbocycles. The van der Waals surface area contributed by atoms with E-state index in [0.29, 0.717) is 53.2 Å². The van der Waals surface area contributed by atoms with Crippen molar-refractivity contribution in [1.82, 2.24) is 14.5 Å². The molecule has 6 rings (SSSR count). The quantitative estimate of drug-likeness (QED) is 0.271. The molecule has 1 unspecified atom stereocenters. The lowest BCUT2D eigenvalue weighted by Gasteiger charge is -2.33. The smallest absolute Gasteiger partial charge is 0.308 e. The van der Waals surface area contributed by atoms with E-state index in [0.717, 1.165) is 31.5 Å². The number of esters is 1. The molecule has 2 aromatic heterocycles. The number of nitrogens with zero attached hydrogens (tertiary/aromatic N) is 3. The molecule has 0 radical (unpaired) electrons. The summed E-state index contributed by atoms with van der Waals surface area (Å²) in [5, 5.41) is 3.31. The van der Waals surface area contributed by atoms with Gasteiger partial charge in [-0.25, -0.2) is 4.39 Å². The Bertz CT molecular complexity index is 1670. The minimum absolute atomic E-state index is 0.0308. The zero-order chi connectivity index (χ0) is 30.1. The zero-order valence-electron chi connectivity index (χ0n) is 24.3. The number of rotatable bonds is 9. The molecule has 1 amide bonds. The molecule has 3 heterocycles. The van der Waals surface area contributed by atoms with Crippen molar-refractivity contribution in [3.05, 3.63) is 59.5 Å². The molecule has 10 nitrogen and oxygen atoms in total. The molecule has 2 aromatic carbocycles. The third-order valence-electron chi connectivity index (χ3n) is 8.53. The number of anilines is 1. The second-order valence-electron chi connectivity index (χ2n) is 11.5. The average Bonchev–Trinajstić information content (AvgIpc) is 3.75. The third kappa shape index (κ3) is 6.18. The van der Waals surface area contributed by atoms with Crippen LogP contribution in [0.5, 0.6) is 0 Å². The van der Waals surface area contributed by atoms with Gasteiger partial charge in [0.2, 0.25) is 0 Å². The lowest BCUT2D eigenvalue weighted by molar-refractivity contribution is -0.157. The predicted molar refractivity (Wildman–Crippen MR) is 157 cm³/mol. The number of nitrogens with one attached hydrogen (secondary N) is 1. The van der Waals surface area contributed by atoms with Crippen molar-refractivity contribution in [2.45, 2.75) is 57.3 Å². The first-order chi connectivity index (χ1) is 20.8. The number of likely N-dealkylation sites (tertiary alicyclic amines) is 1. The normalized spacial score (nSPS) is 20.0. The van der Waals surface area contributed by atoms with Crippen molar-refractivity contribution in [2.75, 3.05) is 25.5 Å². The monoisotopic (exact) mass is 590 g/mol. The Hall–Kier alpha value is -4.09. The van der Waals surface area contributed by atoms with Crippen LogP contribution >= 0.6 is 0 Å². The number of aryl methyl sites for hydroxylation is 1. The molecule has 11 heteroatoms. The maximum absolute atomic E-state index is 13.7. The van der Waals surface area contributed by atoms with Crippen LogP contribution in [0.1, 0.15) is 54.4 Å². The number of fused-ring (bicyclic) bond motifs is 2. The van der Waals surface area contributed by atoms with Gasteiger partial charge >= 0.3 is 12.0 Å². The maximum atomic E-state index is 13.7. The van der Waals surface area contributed by atoms with Gasteiger partial charge in [-0.1, -0.05) is 6.07 Å².